The summed E-state index contributed by atoms with van der Waals surface area (Å²) in [6, 6.07) is 0. The van der Waals surface area contributed by atoms with Gasteiger partial charge < -0.3 is 20.4 Å². The molecule has 1 fully saturated rings. The summed E-state index contributed by atoms with van der Waals surface area (Å²) in [7, 11) is 2.22. The minimum atomic E-state index is 0.729. The molecule has 0 amide bonds. The van der Waals surface area contributed by atoms with E-state index in [4.69, 9.17) is 4.99 Å². The molecule has 2 N–H and O–H groups in total. The van der Waals surface area contributed by atoms with Crippen LogP contribution in [-0.2, 0) is 0 Å². The quantitative estimate of drug-likeness (QED) is 0.322. The Labute approximate surface area is 156 Å². The van der Waals surface area contributed by atoms with E-state index in [1.807, 2.05) is 0 Å². The van der Waals surface area contributed by atoms with E-state index in [0.29, 0.717) is 0 Å². The molecule has 1 saturated heterocycles. The van der Waals surface area contributed by atoms with Crippen molar-refractivity contribution in [1.82, 2.24) is 20.4 Å². The summed E-state index contributed by atoms with van der Waals surface area (Å²) in [5.41, 5.74) is 0. The molecular formula is C20H43N5. The molecule has 0 aliphatic carbocycles. The molecule has 1 aliphatic rings. The Morgan fingerprint density at radius 3 is 2.40 bits per heavy atom. The maximum Gasteiger partial charge on any atom is 0.191 e. The Hall–Kier alpha value is -0.810. The van der Waals surface area contributed by atoms with Crippen LogP contribution in [0.15, 0.2) is 4.99 Å². The molecule has 5 nitrogen and oxygen atoms in total. The molecule has 148 valence electrons. The first-order chi connectivity index (χ1) is 12.2. The first-order valence-corrected chi connectivity index (χ1v) is 10.6. The molecule has 0 aromatic carbocycles. The second-order valence-corrected chi connectivity index (χ2v) is 7.41. The molecule has 0 saturated carbocycles. The number of nitrogens with zero attached hydrogens (tertiary/aromatic N) is 3. The van der Waals surface area contributed by atoms with Crippen LogP contribution in [0.4, 0.5) is 0 Å². The summed E-state index contributed by atoms with van der Waals surface area (Å²) >= 11 is 0. The zero-order chi connectivity index (χ0) is 18.3. The number of nitrogens with one attached hydrogen (secondary N) is 2. The van der Waals surface area contributed by atoms with E-state index < -0.39 is 0 Å². The average Bonchev–Trinajstić information content (AvgIpc) is 2.63. The van der Waals surface area contributed by atoms with Crippen molar-refractivity contribution < 1.29 is 0 Å². The molecule has 0 aromatic rings. The van der Waals surface area contributed by atoms with Crippen molar-refractivity contribution in [3.8, 4) is 0 Å². The van der Waals surface area contributed by atoms with Crippen LogP contribution in [0.25, 0.3) is 0 Å². The lowest BCUT2D eigenvalue weighted by Crippen LogP contribution is -2.44. The topological polar surface area (TPSA) is 42.9 Å². The van der Waals surface area contributed by atoms with Gasteiger partial charge in [0.1, 0.15) is 0 Å². The van der Waals surface area contributed by atoms with Crippen molar-refractivity contribution in [2.45, 2.75) is 59.3 Å². The van der Waals surface area contributed by atoms with Crippen LogP contribution in [0.5, 0.6) is 0 Å². The number of unbranched alkanes of at least 4 members (excludes halogenated alkanes) is 2. The Balaban J connectivity index is 2.19. The molecule has 0 radical (unpaired) electrons. The van der Waals surface area contributed by atoms with Crippen LogP contribution >= 0.6 is 0 Å². The van der Waals surface area contributed by atoms with Gasteiger partial charge in [0.25, 0.3) is 0 Å². The number of hydrogen-bond donors (Lipinski definition) is 2. The van der Waals surface area contributed by atoms with Crippen molar-refractivity contribution >= 4 is 5.96 Å². The minimum Gasteiger partial charge on any atom is -0.357 e. The molecule has 1 unspecified atom stereocenters. The summed E-state index contributed by atoms with van der Waals surface area (Å²) in [6.45, 7) is 15.7. The van der Waals surface area contributed by atoms with E-state index in [9.17, 15) is 0 Å². The summed E-state index contributed by atoms with van der Waals surface area (Å²) in [6.07, 6.45) is 7.62. The van der Waals surface area contributed by atoms with E-state index in [0.717, 1.165) is 31.5 Å². The molecule has 1 atom stereocenters. The number of rotatable bonds is 12. The number of likely N-dealkylation sites (N-methyl/N-ethyl adjacent to an activating group) is 1. The largest absolute Gasteiger partial charge is 0.357 e. The molecule has 1 heterocycles. The van der Waals surface area contributed by atoms with Gasteiger partial charge in [0.05, 0.1) is 0 Å². The third kappa shape index (κ3) is 10.7. The van der Waals surface area contributed by atoms with Gasteiger partial charge in [0.2, 0.25) is 0 Å². The van der Waals surface area contributed by atoms with Crippen LogP contribution in [0.2, 0.25) is 0 Å². The fourth-order valence-corrected chi connectivity index (χ4v) is 3.22. The summed E-state index contributed by atoms with van der Waals surface area (Å²) in [4.78, 5) is 9.83. The first kappa shape index (κ1) is 22.2. The third-order valence-electron chi connectivity index (χ3n) is 5.18. The third-order valence-corrected chi connectivity index (χ3v) is 5.18. The number of aliphatic imine (C=N–C) groups is 1. The number of guanidine groups is 1. The normalized spacial score (nSPS) is 18.3. The Morgan fingerprint density at radius 1 is 1.00 bits per heavy atom. The predicted octanol–water partition coefficient (Wildman–Crippen LogP) is 2.79. The SMILES string of the molecule is CCCCC(CC)CN=C(NCC)NCCCCN1CCN(C)CC1. The van der Waals surface area contributed by atoms with E-state index in [1.165, 1.54) is 71.2 Å². The van der Waals surface area contributed by atoms with Gasteiger partial charge in [-0.1, -0.05) is 33.1 Å². The maximum atomic E-state index is 4.81. The van der Waals surface area contributed by atoms with Crippen LogP contribution in [0.1, 0.15) is 59.3 Å². The van der Waals surface area contributed by atoms with Gasteiger partial charge in [-0.05, 0) is 45.7 Å². The first-order valence-electron chi connectivity index (χ1n) is 10.6. The predicted molar refractivity (Wildman–Crippen MR) is 110 cm³/mol. The smallest absolute Gasteiger partial charge is 0.191 e. The fourth-order valence-electron chi connectivity index (χ4n) is 3.22. The van der Waals surface area contributed by atoms with E-state index in [-0.39, 0.29) is 0 Å². The number of hydrogen-bond acceptors (Lipinski definition) is 3. The molecule has 5 heteroatoms. The molecular weight excluding hydrogens is 310 g/mol. The van der Waals surface area contributed by atoms with Crippen LogP contribution in [0, 0.1) is 5.92 Å². The summed E-state index contributed by atoms with van der Waals surface area (Å²) in [5, 5.41) is 6.90. The van der Waals surface area contributed by atoms with E-state index in [2.05, 4.69) is 48.3 Å². The van der Waals surface area contributed by atoms with Gasteiger partial charge in [-0.15, -0.1) is 0 Å². The van der Waals surface area contributed by atoms with Crippen molar-refractivity contribution in [3.05, 3.63) is 0 Å². The molecule has 0 spiro atoms. The lowest BCUT2D eigenvalue weighted by molar-refractivity contribution is 0.152. The molecule has 25 heavy (non-hydrogen) atoms. The molecule has 0 bridgehead atoms. The van der Waals surface area contributed by atoms with Gasteiger partial charge in [-0.3, -0.25) is 4.99 Å². The van der Waals surface area contributed by atoms with Gasteiger partial charge in [-0.25, -0.2) is 0 Å². The molecule has 1 aliphatic heterocycles. The van der Waals surface area contributed by atoms with Crippen molar-refractivity contribution in [3.63, 3.8) is 0 Å². The van der Waals surface area contributed by atoms with E-state index >= 15 is 0 Å². The Bertz CT molecular complexity index is 337. The highest BCUT2D eigenvalue weighted by Gasteiger charge is 2.12. The lowest BCUT2D eigenvalue weighted by Gasteiger charge is -2.32. The monoisotopic (exact) mass is 353 g/mol. The van der Waals surface area contributed by atoms with Gasteiger partial charge in [0.15, 0.2) is 5.96 Å². The zero-order valence-electron chi connectivity index (χ0n) is 17.3. The lowest BCUT2D eigenvalue weighted by atomic mass is 10.00. The maximum absolute atomic E-state index is 4.81. The van der Waals surface area contributed by atoms with Gasteiger partial charge in [-0.2, -0.15) is 0 Å². The zero-order valence-corrected chi connectivity index (χ0v) is 17.3. The second kappa shape index (κ2) is 14.4. The average molecular weight is 354 g/mol. The second-order valence-electron chi connectivity index (χ2n) is 7.41. The number of piperazine rings is 1. The highest BCUT2D eigenvalue weighted by Crippen LogP contribution is 2.12. The van der Waals surface area contributed by atoms with Crippen LogP contribution < -0.4 is 10.6 Å². The van der Waals surface area contributed by atoms with E-state index in [1.54, 1.807) is 0 Å². The van der Waals surface area contributed by atoms with Crippen LogP contribution in [-0.4, -0.2) is 75.2 Å². The van der Waals surface area contributed by atoms with Gasteiger partial charge in [0, 0.05) is 45.8 Å². The molecule has 0 aromatic heterocycles. The summed E-state index contributed by atoms with van der Waals surface area (Å²) < 4.78 is 0. The van der Waals surface area contributed by atoms with Gasteiger partial charge >= 0.3 is 0 Å². The summed E-state index contributed by atoms with van der Waals surface area (Å²) in [5.74, 6) is 1.73. The standard InChI is InChI=1S/C20H43N5/c1-5-8-11-19(6-2)18-23-20(21-7-3)22-12-9-10-13-25-16-14-24(4)15-17-25/h19H,5-18H2,1-4H3,(H2,21,22,23). The fraction of sp³-hybridized carbons (Fsp3) is 0.950. The van der Waals surface area contributed by atoms with Crippen molar-refractivity contribution in [1.29, 1.82) is 0 Å². The minimum absolute atomic E-state index is 0.729. The molecule has 1 rings (SSSR count). The highest BCUT2D eigenvalue weighted by atomic mass is 15.2. The highest BCUT2D eigenvalue weighted by molar-refractivity contribution is 5.79. The van der Waals surface area contributed by atoms with Crippen LogP contribution in [0.3, 0.4) is 0 Å². The van der Waals surface area contributed by atoms with Crippen molar-refractivity contribution in [2.75, 3.05) is 59.4 Å². The van der Waals surface area contributed by atoms with Crippen molar-refractivity contribution in [2.24, 2.45) is 10.9 Å². The Kier molecular flexibility index (Phi) is 12.8. The Morgan fingerprint density at radius 2 is 1.76 bits per heavy atom.